The molecule has 0 radical (unpaired) electrons. The van der Waals surface area contributed by atoms with Crippen LogP contribution in [0.15, 0.2) is 91.4 Å². The third kappa shape index (κ3) is 5.72. The molecule has 3 aromatic heterocycles. The van der Waals surface area contributed by atoms with E-state index in [1.54, 1.807) is 12.3 Å². The maximum Gasteiger partial charge on any atom is 0.253 e. The van der Waals surface area contributed by atoms with Crippen LogP contribution in [0.3, 0.4) is 0 Å². The molecular weight excluding hydrogens is 506 g/mol. The molecule has 1 amide bonds. The second-order valence-electron chi connectivity index (χ2n) is 10.1. The number of aromatic nitrogens is 3. The zero-order chi connectivity index (χ0) is 26.6. The molecule has 0 saturated heterocycles. The van der Waals surface area contributed by atoms with E-state index >= 15 is 0 Å². The van der Waals surface area contributed by atoms with Crippen LogP contribution in [0, 0.1) is 0 Å². The fourth-order valence-electron chi connectivity index (χ4n) is 5.49. The highest BCUT2D eigenvalue weighted by atomic mass is 35.5. The van der Waals surface area contributed by atoms with Crippen LogP contribution in [-0.2, 0) is 26.1 Å². The van der Waals surface area contributed by atoms with Gasteiger partial charge in [0.1, 0.15) is 0 Å². The van der Waals surface area contributed by atoms with Gasteiger partial charge >= 0.3 is 0 Å². The predicted molar refractivity (Wildman–Crippen MR) is 154 cm³/mol. The quantitative estimate of drug-likeness (QED) is 0.234. The van der Waals surface area contributed by atoms with E-state index in [9.17, 15) is 4.79 Å². The summed E-state index contributed by atoms with van der Waals surface area (Å²) in [7, 11) is 0. The minimum absolute atomic E-state index is 0.209. The first-order valence-electron chi connectivity index (χ1n) is 13.3. The van der Waals surface area contributed by atoms with Gasteiger partial charge in [0.05, 0.1) is 22.3 Å². The third-order valence-electron chi connectivity index (χ3n) is 7.44. The van der Waals surface area contributed by atoms with Crippen LogP contribution >= 0.6 is 11.6 Å². The van der Waals surface area contributed by atoms with Crippen molar-refractivity contribution < 1.29 is 4.79 Å². The molecule has 7 heteroatoms. The molecule has 1 atom stereocenters. The number of hydrogen-bond acceptors (Lipinski definition) is 4. The Morgan fingerprint density at radius 2 is 1.85 bits per heavy atom. The second kappa shape index (κ2) is 11.4. The highest BCUT2D eigenvalue weighted by Gasteiger charge is 2.27. The zero-order valence-corrected chi connectivity index (χ0v) is 22.4. The smallest absolute Gasteiger partial charge is 0.253 e. The predicted octanol–water partition coefficient (Wildman–Crippen LogP) is 6.62. The van der Waals surface area contributed by atoms with E-state index in [1.807, 2.05) is 12.3 Å². The van der Waals surface area contributed by atoms with Crippen LogP contribution < -0.4 is 5.32 Å². The van der Waals surface area contributed by atoms with Gasteiger partial charge in [-0.25, -0.2) is 0 Å². The number of carbonyl (C=O) groups is 1. The number of H-pyrrole nitrogens is 1. The molecular formula is C32H30ClN5O. The highest BCUT2D eigenvalue weighted by Crippen LogP contribution is 2.35. The topological polar surface area (TPSA) is 73.9 Å². The molecule has 5 aromatic rings. The fourth-order valence-corrected chi connectivity index (χ4v) is 5.69. The van der Waals surface area contributed by atoms with E-state index in [0.717, 1.165) is 43.4 Å². The largest absolute Gasteiger partial charge is 0.357 e. The minimum atomic E-state index is -0.209. The number of carbonyl (C=O) groups excluding carboxylic acids is 1. The molecule has 2 N–H and O–H groups in total. The molecule has 0 bridgehead atoms. The van der Waals surface area contributed by atoms with Crippen molar-refractivity contribution >= 4 is 28.4 Å². The van der Waals surface area contributed by atoms with Crippen LogP contribution in [0.1, 0.15) is 57.3 Å². The molecule has 0 aliphatic heterocycles. The molecule has 1 aliphatic carbocycles. The van der Waals surface area contributed by atoms with Crippen molar-refractivity contribution in [3.8, 4) is 0 Å². The van der Waals surface area contributed by atoms with Crippen molar-refractivity contribution in [2.24, 2.45) is 0 Å². The Kier molecular flexibility index (Phi) is 7.39. The number of aromatic amines is 1. The number of nitrogens with one attached hydrogen (secondary N) is 2. The van der Waals surface area contributed by atoms with E-state index in [4.69, 9.17) is 16.6 Å². The van der Waals surface area contributed by atoms with Crippen molar-refractivity contribution in [2.45, 2.75) is 44.9 Å². The van der Waals surface area contributed by atoms with Crippen molar-refractivity contribution in [3.63, 3.8) is 0 Å². The van der Waals surface area contributed by atoms with Crippen LogP contribution in [0.25, 0.3) is 10.9 Å². The standard InChI is InChI=1S/C32H30ClN5O/c33-28-19-34-16-14-27(28)32(39)36-18-22-10-12-23(13-11-22)20-38(21-26-17-25-5-1-2-8-29(25)37-26)30-9-3-6-24-7-4-15-35-31(24)30/h1-2,4-5,7-8,10-17,19,30,37H,3,6,9,18,20-21H2,(H,36,39). The first kappa shape index (κ1) is 25.3. The first-order valence-corrected chi connectivity index (χ1v) is 13.7. The summed E-state index contributed by atoms with van der Waals surface area (Å²) >= 11 is 6.11. The van der Waals surface area contributed by atoms with E-state index in [-0.39, 0.29) is 11.9 Å². The number of halogens is 1. The average molecular weight is 536 g/mol. The van der Waals surface area contributed by atoms with Gasteiger partial charge in [0.15, 0.2) is 0 Å². The Labute approximate surface area is 233 Å². The number of rotatable bonds is 8. The summed E-state index contributed by atoms with van der Waals surface area (Å²) in [4.78, 5) is 27.4. The molecule has 39 heavy (non-hydrogen) atoms. The van der Waals surface area contributed by atoms with Crippen molar-refractivity contribution in [3.05, 3.63) is 130 Å². The van der Waals surface area contributed by atoms with Crippen LogP contribution in [0.2, 0.25) is 5.02 Å². The molecule has 1 aliphatic rings. The number of hydrogen-bond donors (Lipinski definition) is 2. The van der Waals surface area contributed by atoms with Crippen molar-refractivity contribution in [1.29, 1.82) is 0 Å². The summed E-state index contributed by atoms with van der Waals surface area (Å²) in [5.41, 5.74) is 7.61. The lowest BCUT2D eigenvalue weighted by atomic mass is 9.90. The number of pyridine rings is 2. The molecule has 0 saturated carbocycles. The van der Waals surface area contributed by atoms with Gasteiger partial charge in [-0.3, -0.25) is 19.7 Å². The van der Waals surface area contributed by atoms with E-state index in [1.165, 1.54) is 34.1 Å². The van der Waals surface area contributed by atoms with E-state index < -0.39 is 0 Å². The van der Waals surface area contributed by atoms with E-state index in [2.05, 4.69) is 80.8 Å². The Morgan fingerprint density at radius 3 is 2.69 bits per heavy atom. The fraction of sp³-hybridized carbons (Fsp3) is 0.219. The maximum atomic E-state index is 12.5. The second-order valence-corrected chi connectivity index (χ2v) is 10.5. The number of fused-ring (bicyclic) bond motifs is 2. The van der Waals surface area contributed by atoms with Gasteiger partial charge in [0.2, 0.25) is 0 Å². The highest BCUT2D eigenvalue weighted by molar-refractivity contribution is 6.33. The minimum Gasteiger partial charge on any atom is -0.357 e. The monoisotopic (exact) mass is 535 g/mol. The molecule has 196 valence electrons. The molecule has 6 rings (SSSR count). The van der Waals surface area contributed by atoms with Gasteiger partial charge in [-0.05, 0) is 65.6 Å². The number of amides is 1. The van der Waals surface area contributed by atoms with Crippen molar-refractivity contribution in [1.82, 2.24) is 25.2 Å². The van der Waals surface area contributed by atoms with Gasteiger partial charge in [-0.2, -0.15) is 0 Å². The SMILES string of the molecule is O=C(NCc1ccc(CN(Cc2cc3ccccc3[nH]2)C2CCCc3cccnc32)cc1)c1ccncc1Cl. The summed E-state index contributed by atoms with van der Waals surface area (Å²) < 4.78 is 0. The van der Waals surface area contributed by atoms with Crippen molar-refractivity contribution in [2.75, 3.05) is 0 Å². The molecule has 0 fully saturated rings. The number of para-hydroxylation sites is 1. The number of aryl methyl sites for hydroxylation is 1. The summed E-state index contributed by atoms with van der Waals surface area (Å²) in [5.74, 6) is -0.209. The number of nitrogens with zero attached hydrogens (tertiary/aromatic N) is 3. The summed E-state index contributed by atoms with van der Waals surface area (Å²) in [6, 6.07) is 25.3. The van der Waals surface area contributed by atoms with Gasteiger partial charge < -0.3 is 10.3 Å². The van der Waals surface area contributed by atoms with E-state index in [0.29, 0.717) is 17.1 Å². The average Bonchev–Trinajstić information content (AvgIpc) is 3.39. The first-order chi connectivity index (χ1) is 19.1. The molecule has 1 unspecified atom stereocenters. The maximum absolute atomic E-state index is 12.5. The third-order valence-corrected chi connectivity index (χ3v) is 7.75. The molecule has 0 spiro atoms. The lowest BCUT2D eigenvalue weighted by Gasteiger charge is -2.35. The summed E-state index contributed by atoms with van der Waals surface area (Å²) in [6.45, 7) is 2.03. The van der Waals surface area contributed by atoms with Gasteiger partial charge in [-0.15, -0.1) is 0 Å². The van der Waals surface area contributed by atoms with Gasteiger partial charge in [0.25, 0.3) is 5.91 Å². The Balaban J connectivity index is 1.20. The van der Waals surface area contributed by atoms with Gasteiger partial charge in [0, 0.05) is 49.4 Å². The normalized spacial score (nSPS) is 14.9. The van der Waals surface area contributed by atoms with Crippen LogP contribution in [0.5, 0.6) is 0 Å². The van der Waals surface area contributed by atoms with Crippen LogP contribution in [0.4, 0.5) is 0 Å². The molecule has 6 nitrogen and oxygen atoms in total. The molecule has 3 heterocycles. The Bertz CT molecular complexity index is 1560. The summed E-state index contributed by atoms with van der Waals surface area (Å²) in [6.07, 6.45) is 8.30. The van der Waals surface area contributed by atoms with Crippen LogP contribution in [-0.4, -0.2) is 25.8 Å². The molecule has 2 aromatic carbocycles. The Hall–Kier alpha value is -4.00. The number of benzene rings is 2. The van der Waals surface area contributed by atoms with Gasteiger partial charge in [-0.1, -0.05) is 60.1 Å². The lowest BCUT2D eigenvalue weighted by Crippen LogP contribution is -2.31. The summed E-state index contributed by atoms with van der Waals surface area (Å²) in [5, 5.41) is 4.53. The Morgan fingerprint density at radius 1 is 1.00 bits per heavy atom. The zero-order valence-electron chi connectivity index (χ0n) is 21.6. The lowest BCUT2D eigenvalue weighted by molar-refractivity contribution is 0.0951.